The van der Waals surface area contributed by atoms with Crippen molar-refractivity contribution in [2.45, 2.75) is 13.5 Å². The highest BCUT2D eigenvalue weighted by Crippen LogP contribution is 2.22. The lowest BCUT2D eigenvalue weighted by molar-refractivity contribution is 0.340. The molecule has 0 aliphatic carbocycles. The smallest absolute Gasteiger partial charge is 0.119 e. The number of rotatable bonds is 2. The number of anilines is 1. The summed E-state index contributed by atoms with van der Waals surface area (Å²) < 4.78 is 5.46. The van der Waals surface area contributed by atoms with Crippen molar-refractivity contribution in [3.05, 3.63) is 23.8 Å². The topological polar surface area (TPSA) is 33.3 Å². The van der Waals surface area contributed by atoms with Crippen molar-refractivity contribution >= 4 is 5.69 Å². The average molecular weight is 192 g/mol. The number of fused-ring (bicyclic) bond motifs is 1. The van der Waals surface area contributed by atoms with E-state index in [1.807, 2.05) is 13.0 Å². The van der Waals surface area contributed by atoms with Gasteiger partial charge in [0.25, 0.3) is 0 Å². The van der Waals surface area contributed by atoms with Crippen LogP contribution in [0.5, 0.6) is 5.75 Å². The molecule has 0 saturated heterocycles. The highest BCUT2D eigenvalue weighted by molar-refractivity contribution is 5.54. The molecule has 0 amide bonds. The Balaban J connectivity index is 2.23. The molecular formula is C11H16N2O. The molecule has 2 N–H and O–H groups in total. The van der Waals surface area contributed by atoms with Crippen LogP contribution in [0.3, 0.4) is 0 Å². The van der Waals surface area contributed by atoms with Gasteiger partial charge in [0, 0.05) is 25.3 Å². The van der Waals surface area contributed by atoms with E-state index in [1.54, 1.807) is 0 Å². The van der Waals surface area contributed by atoms with Crippen molar-refractivity contribution in [3.8, 4) is 5.75 Å². The van der Waals surface area contributed by atoms with Crippen LogP contribution in [0.2, 0.25) is 0 Å². The Hall–Kier alpha value is -1.22. The second-order valence-corrected chi connectivity index (χ2v) is 3.36. The lowest BCUT2D eigenvalue weighted by Crippen LogP contribution is -2.16. The van der Waals surface area contributed by atoms with Gasteiger partial charge >= 0.3 is 0 Å². The first-order valence-electron chi connectivity index (χ1n) is 5.10. The zero-order valence-corrected chi connectivity index (χ0v) is 8.47. The van der Waals surface area contributed by atoms with Crippen LogP contribution in [0.25, 0.3) is 0 Å². The zero-order chi connectivity index (χ0) is 9.80. The van der Waals surface area contributed by atoms with Crippen molar-refractivity contribution in [1.82, 2.24) is 5.32 Å². The predicted molar refractivity (Wildman–Crippen MR) is 57.8 cm³/mol. The number of benzene rings is 1. The van der Waals surface area contributed by atoms with Crippen LogP contribution in [0, 0.1) is 0 Å². The number of ether oxygens (including phenoxy) is 1. The molecular weight excluding hydrogens is 176 g/mol. The normalized spacial score (nSPS) is 15.2. The first-order valence-corrected chi connectivity index (χ1v) is 5.10. The second-order valence-electron chi connectivity index (χ2n) is 3.36. The molecule has 0 spiro atoms. The van der Waals surface area contributed by atoms with Gasteiger partial charge in [0.05, 0.1) is 6.61 Å². The van der Waals surface area contributed by atoms with E-state index in [-0.39, 0.29) is 0 Å². The molecule has 0 bridgehead atoms. The van der Waals surface area contributed by atoms with Crippen molar-refractivity contribution in [3.63, 3.8) is 0 Å². The largest absolute Gasteiger partial charge is 0.494 e. The van der Waals surface area contributed by atoms with Gasteiger partial charge in [-0.15, -0.1) is 0 Å². The summed E-state index contributed by atoms with van der Waals surface area (Å²) in [5.41, 5.74) is 2.51. The van der Waals surface area contributed by atoms with Crippen LogP contribution in [0.4, 0.5) is 5.69 Å². The number of hydrogen-bond donors (Lipinski definition) is 2. The molecule has 1 aromatic carbocycles. The molecule has 0 aromatic heterocycles. The Labute approximate surface area is 84.5 Å². The first-order chi connectivity index (χ1) is 6.90. The molecule has 0 unspecified atom stereocenters. The first kappa shape index (κ1) is 9.34. The molecule has 1 aliphatic rings. The fourth-order valence-electron chi connectivity index (χ4n) is 1.65. The standard InChI is InChI=1S/C11H16N2O/c1-2-14-10-3-4-11-9(7-10)8-12-5-6-13-11/h3-4,7,12-13H,2,5-6,8H2,1H3. The molecule has 0 radical (unpaired) electrons. The van der Waals surface area contributed by atoms with E-state index >= 15 is 0 Å². The van der Waals surface area contributed by atoms with Gasteiger partial charge < -0.3 is 15.4 Å². The summed E-state index contributed by atoms with van der Waals surface area (Å²) >= 11 is 0. The molecule has 3 nitrogen and oxygen atoms in total. The van der Waals surface area contributed by atoms with Crippen molar-refractivity contribution in [1.29, 1.82) is 0 Å². The fraction of sp³-hybridized carbons (Fsp3) is 0.455. The summed E-state index contributed by atoms with van der Waals surface area (Å²) in [6.45, 7) is 5.64. The van der Waals surface area contributed by atoms with E-state index in [0.717, 1.165) is 32.0 Å². The summed E-state index contributed by atoms with van der Waals surface area (Å²) in [6, 6.07) is 6.21. The molecule has 76 valence electrons. The van der Waals surface area contributed by atoms with Crippen molar-refractivity contribution in [2.75, 3.05) is 25.0 Å². The van der Waals surface area contributed by atoms with Crippen LogP contribution in [-0.4, -0.2) is 19.7 Å². The van der Waals surface area contributed by atoms with Crippen LogP contribution >= 0.6 is 0 Å². The van der Waals surface area contributed by atoms with Gasteiger partial charge in [0.1, 0.15) is 5.75 Å². The van der Waals surface area contributed by atoms with Gasteiger partial charge in [-0.3, -0.25) is 0 Å². The van der Waals surface area contributed by atoms with Gasteiger partial charge in [0.2, 0.25) is 0 Å². The van der Waals surface area contributed by atoms with Gasteiger partial charge in [-0.1, -0.05) is 0 Å². The molecule has 2 rings (SSSR count). The second kappa shape index (κ2) is 4.33. The lowest BCUT2D eigenvalue weighted by atomic mass is 10.1. The highest BCUT2D eigenvalue weighted by atomic mass is 16.5. The quantitative estimate of drug-likeness (QED) is 0.746. The van der Waals surface area contributed by atoms with Crippen LogP contribution in [0.15, 0.2) is 18.2 Å². The van der Waals surface area contributed by atoms with Crippen LogP contribution in [-0.2, 0) is 6.54 Å². The summed E-state index contributed by atoms with van der Waals surface area (Å²) in [5, 5.41) is 6.73. The monoisotopic (exact) mass is 192 g/mol. The molecule has 0 atom stereocenters. The lowest BCUT2D eigenvalue weighted by Gasteiger charge is -2.09. The molecule has 3 heteroatoms. The average Bonchev–Trinajstić information content (AvgIpc) is 2.42. The summed E-state index contributed by atoms with van der Waals surface area (Å²) in [4.78, 5) is 0. The fourth-order valence-corrected chi connectivity index (χ4v) is 1.65. The Morgan fingerprint density at radius 2 is 2.29 bits per heavy atom. The Morgan fingerprint density at radius 1 is 1.36 bits per heavy atom. The molecule has 1 heterocycles. The maximum Gasteiger partial charge on any atom is 0.119 e. The van der Waals surface area contributed by atoms with Gasteiger partial charge in [-0.25, -0.2) is 0 Å². The molecule has 14 heavy (non-hydrogen) atoms. The SMILES string of the molecule is CCOc1ccc2c(c1)CNCCN2. The van der Waals surface area contributed by atoms with Gasteiger partial charge in [0.15, 0.2) is 0 Å². The summed E-state index contributed by atoms with van der Waals surface area (Å²) in [6.07, 6.45) is 0. The third-order valence-corrected chi connectivity index (χ3v) is 2.32. The maximum absolute atomic E-state index is 5.46. The van der Waals surface area contributed by atoms with Crippen molar-refractivity contribution in [2.24, 2.45) is 0 Å². The minimum atomic E-state index is 0.722. The molecule has 1 aliphatic heterocycles. The zero-order valence-electron chi connectivity index (χ0n) is 8.47. The van der Waals surface area contributed by atoms with E-state index in [2.05, 4.69) is 22.8 Å². The maximum atomic E-state index is 5.46. The van der Waals surface area contributed by atoms with Crippen LogP contribution in [0.1, 0.15) is 12.5 Å². The van der Waals surface area contributed by atoms with E-state index in [9.17, 15) is 0 Å². The third kappa shape index (κ3) is 1.99. The highest BCUT2D eigenvalue weighted by Gasteiger charge is 2.07. The van der Waals surface area contributed by atoms with Crippen molar-refractivity contribution < 1.29 is 4.74 Å². The van der Waals surface area contributed by atoms with Gasteiger partial charge in [-0.2, -0.15) is 0 Å². The van der Waals surface area contributed by atoms with Crippen LogP contribution < -0.4 is 15.4 Å². The Bertz CT molecular complexity index is 312. The number of hydrogen-bond acceptors (Lipinski definition) is 3. The third-order valence-electron chi connectivity index (χ3n) is 2.32. The molecule has 1 aromatic rings. The van der Waals surface area contributed by atoms with E-state index in [1.165, 1.54) is 11.3 Å². The Morgan fingerprint density at radius 3 is 3.14 bits per heavy atom. The predicted octanol–water partition coefficient (Wildman–Crippen LogP) is 1.60. The minimum absolute atomic E-state index is 0.722. The minimum Gasteiger partial charge on any atom is -0.494 e. The van der Waals surface area contributed by atoms with Gasteiger partial charge in [-0.05, 0) is 30.7 Å². The number of nitrogens with one attached hydrogen (secondary N) is 2. The van der Waals surface area contributed by atoms with E-state index in [4.69, 9.17) is 4.74 Å². The molecule has 0 saturated carbocycles. The summed E-state index contributed by atoms with van der Waals surface area (Å²) in [5.74, 6) is 0.955. The Kier molecular flexibility index (Phi) is 2.89. The summed E-state index contributed by atoms with van der Waals surface area (Å²) in [7, 11) is 0. The van der Waals surface area contributed by atoms with E-state index in [0.29, 0.717) is 0 Å². The molecule has 0 fully saturated rings. The van der Waals surface area contributed by atoms with E-state index < -0.39 is 0 Å².